The molecule has 0 atom stereocenters. The minimum atomic E-state index is -2.53. The molecule has 0 saturated carbocycles. The Bertz CT molecular complexity index is 349. The van der Waals surface area contributed by atoms with Gasteiger partial charge in [0.15, 0.2) is 0 Å². The van der Waals surface area contributed by atoms with Crippen LogP contribution in [-0.4, -0.2) is 16.1 Å². The highest BCUT2D eigenvalue weighted by molar-refractivity contribution is 4.96. The molecule has 0 radical (unpaired) electrons. The molecule has 0 aliphatic rings. The summed E-state index contributed by atoms with van der Waals surface area (Å²) >= 11 is 0. The zero-order chi connectivity index (χ0) is 11.1. The van der Waals surface area contributed by atoms with Crippen molar-refractivity contribution in [1.82, 2.24) is 14.9 Å². The SMILES string of the molecule is CC#CCCNCc1nccn1C(F)F. The van der Waals surface area contributed by atoms with Crippen molar-refractivity contribution in [2.24, 2.45) is 0 Å². The fourth-order valence-corrected chi connectivity index (χ4v) is 1.13. The van der Waals surface area contributed by atoms with E-state index in [4.69, 9.17) is 0 Å². The van der Waals surface area contributed by atoms with Gasteiger partial charge in [0.1, 0.15) is 5.82 Å². The molecule has 1 aromatic rings. The highest BCUT2D eigenvalue weighted by atomic mass is 19.3. The third-order valence-corrected chi connectivity index (χ3v) is 1.85. The lowest BCUT2D eigenvalue weighted by Gasteiger charge is -2.06. The smallest absolute Gasteiger partial charge is 0.309 e. The van der Waals surface area contributed by atoms with Gasteiger partial charge in [0, 0.05) is 25.4 Å². The number of aromatic nitrogens is 2. The first-order chi connectivity index (χ1) is 7.25. The maximum atomic E-state index is 12.4. The van der Waals surface area contributed by atoms with Crippen LogP contribution in [0.3, 0.4) is 0 Å². The maximum Gasteiger partial charge on any atom is 0.319 e. The van der Waals surface area contributed by atoms with E-state index in [1.807, 2.05) is 0 Å². The Morgan fingerprint density at radius 2 is 2.40 bits per heavy atom. The van der Waals surface area contributed by atoms with Crippen molar-refractivity contribution >= 4 is 0 Å². The molecular weight excluding hydrogens is 200 g/mol. The van der Waals surface area contributed by atoms with Crippen molar-refractivity contribution in [2.45, 2.75) is 26.4 Å². The molecule has 0 bridgehead atoms. The number of alkyl halides is 2. The summed E-state index contributed by atoms with van der Waals surface area (Å²) < 4.78 is 25.6. The van der Waals surface area contributed by atoms with Gasteiger partial charge in [-0.25, -0.2) is 4.98 Å². The summed E-state index contributed by atoms with van der Waals surface area (Å²) in [6.07, 6.45) is 3.36. The molecule has 15 heavy (non-hydrogen) atoms. The monoisotopic (exact) mass is 213 g/mol. The standard InChI is InChI=1S/C10H13F2N3/c1-2-3-4-5-13-8-9-14-6-7-15(9)10(11)12/h6-7,10,13H,4-5,8H2,1H3. The number of rotatable bonds is 5. The van der Waals surface area contributed by atoms with Gasteiger partial charge in [-0.1, -0.05) is 0 Å². The lowest BCUT2D eigenvalue weighted by molar-refractivity contribution is 0.0666. The normalized spacial score (nSPS) is 10.1. The average Bonchev–Trinajstić information content (AvgIpc) is 2.66. The van der Waals surface area contributed by atoms with Crippen LogP contribution in [0.4, 0.5) is 8.78 Å². The Morgan fingerprint density at radius 3 is 3.07 bits per heavy atom. The molecule has 0 saturated heterocycles. The quantitative estimate of drug-likeness (QED) is 0.597. The van der Waals surface area contributed by atoms with Crippen molar-refractivity contribution in [3.8, 4) is 11.8 Å². The molecule has 0 unspecified atom stereocenters. The van der Waals surface area contributed by atoms with Gasteiger partial charge in [0.2, 0.25) is 0 Å². The maximum absolute atomic E-state index is 12.4. The van der Waals surface area contributed by atoms with E-state index in [1.54, 1.807) is 6.92 Å². The number of hydrogen-bond donors (Lipinski definition) is 1. The van der Waals surface area contributed by atoms with E-state index in [0.29, 0.717) is 25.3 Å². The molecule has 0 spiro atoms. The zero-order valence-corrected chi connectivity index (χ0v) is 8.50. The van der Waals surface area contributed by atoms with Gasteiger partial charge in [-0.05, 0) is 6.92 Å². The van der Waals surface area contributed by atoms with E-state index in [-0.39, 0.29) is 0 Å². The topological polar surface area (TPSA) is 29.9 Å². The first-order valence-electron chi connectivity index (χ1n) is 4.66. The minimum Gasteiger partial charge on any atom is -0.309 e. The molecule has 1 heterocycles. The lowest BCUT2D eigenvalue weighted by Crippen LogP contribution is -2.18. The predicted octanol–water partition coefficient (Wildman–Crippen LogP) is 1.78. The molecule has 5 heteroatoms. The van der Waals surface area contributed by atoms with Crippen LogP contribution < -0.4 is 5.32 Å². The van der Waals surface area contributed by atoms with Gasteiger partial charge in [0.25, 0.3) is 0 Å². The second-order valence-electron chi connectivity index (χ2n) is 2.88. The summed E-state index contributed by atoms with van der Waals surface area (Å²) in [4.78, 5) is 3.84. The number of nitrogens with one attached hydrogen (secondary N) is 1. The predicted molar refractivity (Wildman–Crippen MR) is 53.3 cm³/mol. The van der Waals surface area contributed by atoms with Crippen LogP contribution >= 0.6 is 0 Å². The molecule has 0 amide bonds. The highest BCUT2D eigenvalue weighted by Crippen LogP contribution is 2.11. The molecule has 0 fully saturated rings. The Labute approximate surface area is 87.5 Å². The Morgan fingerprint density at radius 1 is 1.60 bits per heavy atom. The Balaban J connectivity index is 2.36. The Kier molecular flexibility index (Phi) is 4.78. The van der Waals surface area contributed by atoms with Crippen molar-refractivity contribution in [1.29, 1.82) is 0 Å². The molecule has 0 aromatic carbocycles. The van der Waals surface area contributed by atoms with Crippen LogP contribution in [0.2, 0.25) is 0 Å². The van der Waals surface area contributed by atoms with Crippen LogP contribution in [-0.2, 0) is 6.54 Å². The molecular formula is C10H13F2N3. The minimum absolute atomic E-state index is 0.336. The van der Waals surface area contributed by atoms with Gasteiger partial charge in [-0.2, -0.15) is 8.78 Å². The van der Waals surface area contributed by atoms with E-state index < -0.39 is 6.55 Å². The molecule has 82 valence electrons. The molecule has 1 rings (SSSR count). The summed E-state index contributed by atoms with van der Waals surface area (Å²) in [6.45, 7) is 0.253. The second kappa shape index (κ2) is 6.14. The number of hydrogen-bond acceptors (Lipinski definition) is 2. The van der Waals surface area contributed by atoms with E-state index in [1.165, 1.54) is 12.4 Å². The summed E-state index contributed by atoms with van der Waals surface area (Å²) in [6, 6.07) is 0. The van der Waals surface area contributed by atoms with Crippen molar-refractivity contribution < 1.29 is 8.78 Å². The lowest BCUT2D eigenvalue weighted by atomic mass is 10.4. The van der Waals surface area contributed by atoms with E-state index in [2.05, 4.69) is 22.1 Å². The van der Waals surface area contributed by atoms with Crippen molar-refractivity contribution in [3.05, 3.63) is 18.2 Å². The zero-order valence-electron chi connectivity index (χ0n) is 8.50. The third-order valence-electron chi connectivity index (χ3n) is 1.85. The Hall–Kier alpha value is -1.41. The van der Waals surface area contributed by atoms with Crippen LogP contribution in [0.15, 0.2) is 12.4 Å². The second-order valence-corrected chi connectivity index (χ2v) is 2.88. The van der Waals surface area contributed by atoms with Gasteiger partial charge < -0.3 is 5.32 Å². The third kappa shape index (κ3) is 3.68. The van der Waals surface area contributed by atoms with Crippen molar-refractivity contribution in [3.63, 3.8) is 0 Å². The van der Waals surface area contributed by atoms with E-state index in [9.17, 15) is 8.78 Å². The number of nitrogens with zero attached hydrogens (tertiary/aromatic N) is 2. The largest absolute Gasteiger partial charge is 0.319 e. The fourth-order valence-electron chi connectivity index (χ4n) is 1.13. The van der Waals surface area contributed by atoms with Crippen LogP contribution in [0, 0.1) is 11.8 Å². The number of imidazole rings is 1. The average molecular weight is 213 g/mol. The van der Waals surface area contributed by atoms with E-state index in [0.717, 1.165) is 4.57 Å². The molecule has 1 N–H and O–H groups in total. The number of halogens is 2. The van der Waals surface area contributed by atoms with Crippen LogP contribution in [0.25, 0.3) is 0 Å². The summed E-state index contributed by atoms with van der Waals surface area (Å²) in [5, 5.41) is 3.00. The van der Waals surface area contributed by atoms with E-state index >= 15 is 0 Å². The fraction of sp³-hybridized carbons (Fsp3) is 0.500. The first-order valence-corrected chi connectivity index (χ1v) is 4.66. The molecule has 0 aliphatic carbocycles. The summed E-state index contributed by atoms with van der Waals surface area (Å²) in [7, 11) is 0. The molecule has 3 nitrogen and oxygen atoms in total. The van der Waals surface area contributed by atoms with Crippen molar-refractivity contribution in [2.75, 3.05) is 6.54 Å². The van der Waals surface area contributed by atoms with Crippen LogP contribution in [0.5, 0.6) is 0 Å². The van der Waals surface area contributed by atoms with Crippen LogP contribution in [0.1, 0.15) is 25.7 Å². The van der Waals surface area contributed by atoms with Gasteiger partial charge >= 0.3 is 6.55 Å². The van der Waals surface area contributed by atoms with Gasteiger partial charge in [-0.3, -0.25) is 4.57 Å². The molecule has 1 aromatic heterocycles. The van der Waals surface area contributed by atoms with Gasteiger partial charge in [0.05, 0.1) is 6.54 Å². The first kappa shape index (κ1) is 11.7. The van der Waals surface area contributed by atoms with Gasteiger partial charge in [-0.15, -0.1) is 11.8 Å². The molecule has 0 aliphatic heterocycles. The highest BCUT2D eigenvalue weighted by Gasteiger charge is 2.09. The summed E-state index contributed by atoms with van der Waals surface area (Å²) in [5.74, 6) is 5.98. The summed E-state index contributed by atoms with van der Waals surface area (Å²) in [5.41, 5.74) is 0.